The van der Waals surface area contributed by atoms with Crippen molar-refractivity contribution >= 4 is 22.9 Å². The van der Waals surface area contributed by atoms with Gasteiger partial charge in [-0.05, 0) is 55.7 Å². The third kappa shape index (κ3) is 4.26. The van der Waals surface area contributed by atoms with Gasteiger partial charge in [-0.25, -0.2) is 4.39 Å². The number of aryl methyl sites for hydroxylation is 1. The van der Waals surface area contributed by atoms with Gasteiger partial charge < -0.3 is 11.1 Å². The predicted molar refractivity (Wildman–Crippen MR) is 90.3 cm³/mol. The van der Waals surface area contributed by atoms with E-state index < -0.39 is 0 Å². The second-order valence-electron chi connectivity index (χ2n) is 5.29. The molecule has 0 spiro atoms. The fraction of sp³-hybridized carbons (Fsp3) is 0.235. The number of benzene rings is 2. The number of anilines is 1. The Balaban J connectivity index is 2.12. The first kappa shape index (κ1) is 15.4. The summed E-state index contributed by atoms with van der Waals surface area (Å²) in [7, 11) is 0. The van der Waals surface area contributed by atoms with Crippen molar-refractivity contribution in [2.24, 2.45) is 5.73 Å². The van der Waals surface area contributed by atoms with Gasteiger partial charge in [-0.2, -0.15) is 0 Å². The molecule has 2 nitrogen and oxygen atoms in total. The zero-order valence-corrected chi connectivity index (χ0v) is 13.0. The van der Waals surface area contributed by atoms with Crippen LogP contribution in [0.1, 0.15) is 23.6 Å². The minimum atomic E-state index is -0.214. The SMILES string of the molecule is Cc1ccc(C(N)=S)c(NC(C)Cc2ccc(F)cc2)c1. The van der Waals surface area contributed by atoms with E-state index in [0.717, 1.165) is 28.8 Å². The van der Waals surface area contributed by atoms with Gasteiger partial charge in [-0.1, -0.05) is 30.4 Å². The van der Waals surface area contributed by atoms with E-state index in [2.05, 4.69) is 12.2 Å². The summed E-state index contributed by atoms with van der Waals surface area (Å²) in [6.07, 6.45) is 0.797. The molecule has 0 aliphatic carbocycles. The lowest BCUT2D eigenvalue weighted by Crippen LogP contribution is -2.21. The number of hydrogen-bond acceptors (Lipinski definition) is 2. The molecule has 0 aliphatic heterocycles. The summed E-state index contributed by atoms with van der Waals surface area (Å²) in [6.45, 7) is 4.11. The van der Waals surface area contributed by atoms with Gasteiger partial charge in [0.25, 0.3) is 0 Å². The van der Waals surface area contributed by atoms with Crippen molar-refractivity contribution in [2.75, 3.05) is 5.32 Å². The van der Waals surface area contributed by atoms with E-state index in [1.807, 2.05) is 25.1 Å². The van der Waals surface area contributed by atoms with Crippen molar-refractivity contribution < 1.29 is 4.39 Å². The summed E-state index contributed by atoms with van der Waals surface area (Å²) in [5.41, 5.74) is 9.78. The van der Waals surface area contributed by atoms with Crippen LogP contribution in [0.15, 0.2) is 42.5 Å². The average Bonchev–Trinajstić information content (AvgIpc) is 2.41. The number of nitrogens with two attached hydrogens (primary N) is 1. The molecule has 1 unspecified atom stereocenters. The van der Waals surface area contributed by atoms with Gasteiger partial charge in [0.15, 0.2) is 0 Å². The number of hydrogen-bond donors (Lipinski definition) is 2. The average molecular weight is 302 g/mol. The first-order chi connectivity index (χ1) is 9.95. The quantitative estimate of drug-likeness (QED) is 0.825. The maximum atomic E-state index is 12.9. The molecular weight excluding hydrogens is 283 g/mol. The van der Waals surface area contributed by atoms with Gasteiger partial charge in [0, 0.05) is 17.3 Å². The van der Waals surface area contributed by atoms with E-state index in [1.165, 1.54) is 12.1 Å². The van der Waals surface area contributed by atoms with Crippen LogP contribution in [0, 0.1) is 12.7 Å². The minimum Gasteiger partial charge on any atom is -0.389 e. The molecule has 0 aromatic heterocycles. The van der Waals surface area contributed by atoms with E-state index >= 15 is 0 Å². The zero-order valence-electron chi connectivity index (χ0n) is 12.2. The van der Waals surface area contributed by atoms with Crippen molar-refractivity contribution in [3.05, 3.63) is 65.0 Å². The summed E-state index contributed by atoms with van der Waals surface area (Å²) in [5, 5.41) is 3.43. The van der Waals surface area contributed by atoms with Gasteiger partial charge in [-0.3, -0.25) is 0 Å². The smallest absolute Gasteiger partial charge is 0.123 e. The van der Waals surface area contributed by atoms with Crippen molar-refractivity contribution in [2.45, 2.75) is 26.3 Å². The number of rotatable bonds is 5. The van der Waals surface area contributed by atoms with Crippen LogP contribution in [0.25, 0.3) is 0 Å². The Morgan fingerprint density at radius 3 is 2.52 bits per heavy atom. The molecule has 2 aromatic carbocycles. The van der Waals surface area contributed by atoms with Crippen LogP contribution < -0.4 is 11.1 Å². The molecule has 0 saturated heterocycles. The van der Waals surface area contributed by atoms with Crippen molar-refractivity contribution in [3.8, 4) is 0 Å². The van der Waals surface area contributed by atoms with Crippen LogP contribution in [0.2, 0.25) is 0 Å². The molecule has 4 heteroatoms. The third-order valence-corrected chi connectivity index (χ3v) is 3.52. The van der Waals surface area contributed by atoms with Crippen LogP contribution in [0.5, 0.6) is 0 Å². The molecule has 110 valence electrons. The number of nitrogens with one attached hydrogen (secondary N) is 1. The van der Waals surface area contributed by atoms with Crippen molar-refractivity contribution in [3.63, 3.8) is 0 Å². The highest BCUT2D eigenvalue weighted by Crippen LogP contribution is 2.19. The first-order valence-electron chi connectivity index (χ1n) is 6.87. The highest BCUT2D eigenvalue weighted by atomic mass is 32.1. The molecule has 3 N–H and O–H groups in total. The van der Waals surface area contributed by atoms with E-state index in [-0.39, 0.29) is 11.9 Å². The van der Waals surface area contributed by atoms with Gasteiger partial charge in [-0.15, -0.1) is 0 Å². The van der Waals surface area contributed by atoms with Crippen molar-refractivity contribution in [1.29, 1.82) is 0 Å². The summed E-state index contributed by atoms with van der Waals surface area (Å²) < 4.78 is 12.9. The molecule has 0 amide bonds. The van der Waals surface area contributed by atoms with E-state index in [1.54, 1.807) is 12.1 Å². The topological polar surface area (TPSA) is 38.0 Å². The lowest BCUT2D eigenvalue weighted by atomic mass is 10.0. The Hall–Kier alpha value is -1.94. The molecule has 1 atom stereocenters. The Kier molecular flexibility index (Phi) is 4.91. The Bertz CT molecular complexity index is 638. The summed E-state index contributed by atoms with van der Waals surface area (Å²) in [5.74, 6) is -0.214. The Labute approximate surface area is 130 Å². The molecule has 2 rings (SSSR count). The molecule has 0 heterocycles. The van der Waals surface area contributed by atoms with E-state index in [4.69, 9.17) is 18.0 Å². The highest BCUT2D eigenvalue weighted by Gasteiger charge is 2.09. The molecular formula is C17H19FN2S. The second kappa shape index (κ2) is 6.68. The molecule has 21 heavy (non-hydrogen) atoms. The van der Waals surface area contributed by atoms with Crippen LogP contribution in [-0.4, -0.2) is 11.0 Å². The predicted octanol–water partition coefficient (Wildman–Crippen LogP) is 3.81. The maximum Gasteiger partial charge on any atom is 0.123 e. The molecule has 0 bridgehead atoms. The zero-order chi connectivity index (χ0) is 15.4. The standard InChI is InChI=1S/C17H19FN2S/c1-11-3-8-15(17(19)21)16(9-11)20-12(2)10-13-4-6-14(18)7-5-13/h3-9,12,20H,10H2,1-2H3,(H2,19,21). The largest absolute Gasteiger partial charge is 0.389 e. The highest BCUT2D eigenvalue weighted by molar-refractivity contribution is 7.80. The summed E-state index contributed by atoms with van der Waals surface area (Å²) >= 11 is 5.09. The van der Waals surface area contributed by atoms with Gasteiger partial charge in [0.05, 0.1) is 0 Å². The minimum absolute atomic E-state index is 0.186. The summed E-state index contributed by atoms with van der Waals surface area (Å²) in [6, 6.07) is 12.7. The normalized spacial score (nSPS) is 12.0. The second-order valence-corrected chi connectivity index (χ2v) is 5.73. The van der Waals surface area contributed by atoms with Crippen LogP contribution in [0.4, 0.5) is 10.1 Å². The van der Waals surface area contributed by atoms with E-state index in [9.17, 15) is 4.39 Å². The van der Waals surface area contributed by atoms with E-state index in [0.29, 0.717) is 4.99 Å². The lowest BCUT2D eigenvalue weighted by molar-refractivity contribution is 0.626. The number of halogens is 1. The summed E-state index contributed by atoms with van der Waals surface area (Å²) in [4.78, 5) is 0.381. The monoisotopic (exact) mass is 302 g/mol. The van der Waals surface area contributed by atoms with Gasteiger partial charge in [0.1, 0.15) is 10.8 Å². The third-order valence-electron chi connectivity index (χ3n) is 3.30. The Morgan fingerprint density at radius 2 is 1.90 bits per heavy atom. The Morgan fingerprint density at radius 1 is 1.24 bits per heavy atom. The maximum absolute atomic E-state index is 12.9. The van der Waals surface area contributed by atoms with Gasteiger partial charge in [0.2, 0.25) is 0 Å². The van der Waals surface area contributed by atoms with Crippen LogP contribution >= 0.6 is 12.2 Å². The lowest BCUT2D eigenvalue weighted by Gasteiger charge is -2.18. The van der Waals surface area contributed by atoms with Crippen molar-refractivity contribution in [1.82, 2.24) is 0 Å². The number of thiocarbonyl (C=S) groups is 1. The fourth-order valence-electron chi connectivity index (χ4n) is 2.28. The molecule has 2 aromatic rings. The molecule has 0 saturated carbocycles. The fourth-order valence-corrected chi connectivity index (χ4v) is 2.46. The molecule has 0 aliphatic rings. The first-order valence-corrected chi connectivity index (χ1v) is 7.28. The van der Waals surface area contributed by atoms with Crippen LogP contribution in [0.3, 0.4) is 0 Å². The van der Waals surface area contributed by atoms with Gasteiger partial charge >= 0.3 is 0 Å². The van der Waals surface area contributed by atoms with Crippen LogP contribution in [-0.2, 0) is 6.42 Å². The molecule has 0 fully saturated rings. The molecule has 0 radical (unpaired) electrons.